The second kappa shape index (κ2) is 9.43. The van der Waals surface area contributed by atoms with E-state index in [0.29, 0.717) is 30.9 Å². The van der Waals surface area contributed by atoms with Crippen LogP contribution in [-0.4, -0.2) is 62.1 Å². The monoisotopic (exact) mass is 437 g/mol. The fourth-order valence-electron chi connectivity index (χ4n) is 4.02. The predicted molar refractivity (Wildman–Crippen MR) is 121 cm³/mol. The second-order valence-electron chi connectivity index (χ2n) is 7.83. The van der Waals surface area contributed by atoms with Gasteiger partial charge in [-0.05, 0) is 31.4 Å². The van der Waals surface area contributed by atoms with Crippen LogP contribution in [0.5, 0.6) is 0 Å². The first-order chi connectivity index (χ1) is 15.1. The van der Waals surface area contributed by atoms with E-state index in [0.717, 1.165) is 29.8 Å². The summed E-state index contributed by atoms with van der Waals surface area (Å²) in [7, 11) is 1.86. The first-order valence-corrected chi connectivity index (χ1v) is 11.5. The van der Waals surface area contributed by atoms with E-state index in [9.17, 15) is 9.59 Å². The molecule has 1 aromatic carbocycles. The van der Waals surface area contributed by atoms with Crippen molar-refractivity contribution in [3.8, 4) is 10.6 Å². The quantitative estimate of drug-likeness (QED) is 0.590. The second-order valence-corrected chi connectivity index (χ2v) is 8.69. The minimum atomic E-state index is -0.0268. The fraction of sp³-hybridized carbons (Fsp3) is 0.391. The van der Waals surface area contributed by atoms with E-state index < -0.39 is 0 Å². The molecule has 1 saturated heterocycles. The van der Waals surface area contributed by atoms with Gasteiger partial charge in [-0.3, -0.25) is 14.3 Å². The summed E-state index contributed by atoms with van der Waals surface area (Å²) in [5.41, 5.74) is 2.12. The molecule has 1 aliphatic heterocycles. The standard InChI is InChI=1S/C23H27N5O2S/c1-3-11-28(23(30)20-16-31-21(25-20)18-14-24-26(2)15-18)19-9-12-27(13-10-19)22(29)17-7-5-4-6-8-17/h4-8,14-16,19H,3,9-13H2,1-2H3. The number of piperidine rings is 1. The highest BCUT2D eigenvalue weighted by molar-refractivity contribution is 7.13. The van der Waals surface area contributed by atoms with Crippen molar-refractivity contribution in [2.24, 2.45) is 7.05 Å². The van der Waals surface area contributed by atoms with Gasteiger partial charge in [0.1, 0.15) is 10.7 Å². The van der Waals surface area contributed by atoms with E-state index in [1.807, 2.05) is 58.8 Å². The molecule has 0 atom stereocenters. The Bertz CT molecular complexity index is 1040. The Morgan fingerprint density at radius 1 is 1.19 bits per heavy atom. The summed E-state index contributed by atoms with van der Waals surface area (Å²) in [4.78, 5) is 34.4. The van der Waals surface area contributed by atoms with Crippen LogP contribution in [0, 0.1) is 0 Å². The van der Waals surface area contributed by atoms with Crippen LogP contribution in [0.1, 0.15) is 47.0 Å². The van der Waals surface area contributed by atoms with Gasteiger partial charge in [-0.1, -0.05) is 25.1 Å². The molecular weight excluding hydrogens is 410 g/mol. The fourth-order valence-corrected chi connectivity index (χ4v) is 4.79. The van der Waals surface area contributed by atoms with Crippen LogP contribution in [-0.2, 0) is 7.05 Å². The number of likely N-dealkylation sites (tertiary alicyclic amines) is 1. The number of hydrogen-bond acceptors (Lipinski definition) is 5. The average molecular weight is 438 g/mol. The summed E-state index contributed by atoms with van der Waals surface area (Å²) in [6, 6.07) is 9.50. The van der Waals surface area contributed by atoms with Crippen LogP contribution in [0.15, 0.2) is 48.1 Å². The molecule has 1 aliphatic rings. The Kier molecular flexibility index (Phi) is 6.46. The molecular formula is C23H27N5O2S. The lowest BCUT2D eigenvalue weighted by Gasteiger charge is -2.38. The zero-order valence-electron chi connectivity index (χ0n) is 17.9. The molecule has 162 valence electrons. The number of amides is 2. The van der Waals surface area contributed by atoms with Gasteiger partial charge in [-0.15, -0.1) is 11.3 Å². The molecule has 2 aromatic heterocycles. The van der Waals surface area contributed by atoms with Crippen molar-refractivity contribution in [2.45, 2.75) is 32.2 Å². The number of aryl methyl sites for hydroxylation is 1. The molecule has 4 rings (SSSR count). The summed E-state index contributed by atoms with van der Waals surface area (Å²) in [5, 5.41) is 6.82. The maximum atomic E-state index is 13.3. The average Bonchev–Trinajstić information content (AvgIpc) is 3.46. The first-order valence-electron chi connectivity index (χ1n) is 10.7. The van der Waals surface area contributed by atoms with Gasteiger partial charge >= 0.3 is 0 Å². The van der Waals surface area contributed by atoms with E-state index in [1.54, 1.807) is 10.9 Å². The van der Waals surface area contributed by atoms with Gasteiger partial charge in [0.2, 0.25) is 0 Å². The minimum Gasteiger partial charge on any atom is -0.338 e. The van der Waals surface area contributed by atoms with Gasteiger partial charge in [0, 0.05) is 55.4 Å². The van der Waals surface area contributed by atoms with Gasteiger partial charge in [-0.25, -0.2) is 4.98 Å². The minimum absolute atomic E-state index is 0.0268. The Morgan fingerprint density at radius 2 is 1.94 bits per heavy atom. The molecule has 3 aromatic rings. The van der Waals surface area contributed by atoms with Crippen LogP contribution in [0.25, 0.3) is 10.6 Å². The third kappa shape index (κ3) is 4.69. The van der Waals surface area contributed by atoms with Crippen LogP contribution >= 0.6 is 11.3 Å². The molecule has 0 spiro atoms. The lowest BCUT2D eigenvalue weighted by atomic mass is 10.0. The third-order valence-corrected chi connectivity index (χ3v) is 6.51. The van der Waals surface area contributed by atoms with Gasteiger partial charge in [0.25, 0.3) is 11.8 Å². The molecule has 0 N–H and O–H groups in total. The van der Waals surface area contributed by atoms with E-state index in [-0.39, 0.29) is 17.9 Å². The number of nitrogens with zero attached hydrogens (tertiary/aromatic N) is 5. The van der Waals surface area contributed by atoms with Crippen molar-refractivity contribution in [1.29, 1.82) is 0 Å². The zero-order chi connectivity index (χ0) is 21.8. The van der Waals surface area contributed by atoms with E-state index in [4.69, 9.17) is 0 Å². The molecule has 8 heteroatoms. The van der Waals surface area contributed by atoms with Crippen molar-refractivity contribution in [2.75, 3.05) is 19.6 Å². The van der Waals surface area contributed by atoms with Gasteiger partial charge in [0.05, 0.1) is 6.20 Å². The van der Waals surface area contributed by atoms with Crippen LogP contribution < -0.4 is 0 Å². The highest BCUT2D eigenvalue weighted by Crippen LogP contribution is 2.26. The van der Waals surface area contributed by atoms with Crippen molar-refractivity contribution in [3.63, 3.8) is 0 Å². The molecule has 7 nitrogen and oxygen atoms in total. The summed E-state index contributed by atoms with van der Waals surface area (Å²) < 4.78 is 1.73. The van der Waals surface area contributed by atoms with Crippen LogP contribution in [0.4, 0.5) is 0 Å². The normalized spacial score (nSPS) is 14.6. The van der Waals surface area contributed by atoms with Gasteiger partial charge in [-0.2, -0.15) is 5.10 Å². The lowest BCUT2D eigenvalue weighted by Crippen LogP contribution is -2.49. The van der Waals surface area contributed by atoms with E-state index in [1.165, 1.54) is 11.3 Å². The Hall–Kier alpha value is -3.00. The summed E-state index contributed by atoms with van der Waals surface area (Å²) in [6.45, 7) is 4.08. The highest BCUT2D eigenvalue weighted by atomic mass is 32.1. The Balaban J connectivity index is 1.43. The molecule has 0 radical (unpaired) electrons. The molecule has 3 heterocycles. The molecule has 0 bridgehead atoms. The number of benzene rings is 1. The van der Waals surface area contributed by atoms with Gasteiger partial charge < -0.3 is 9.80 Å². The van der Waals surface area contributed by atoms with Crippen molar-refractivity contribution < 1.29 is 9.59 Å². The topological polar surface area (TPSA) is 71.3 Å². The third-order valence-electron chi connectivity index (χ3n) is 5.61. The van der Waals surface area contributed by atoms with Crippen molar-refractivity contribution in [1.82, 2.24) is 24.6 Å². The van der Waals surface area contributed by atoms with E-state index >= 15 is 0 Å². The van der Waals surface area contributed by atoms with Crippen LogP contribution in [0.3, 0.4) is 0 Å². The predicted octanol–water partition coefficient (Wildman–Crippen LogP) is 3.70. The number of hydrogen-bond donors (Lipinski definition) is 0. The summed E-state index contributed by atoms with van der Waals surface area (Å²) >= 11 is 1.46. The number of aromatic nitrogens is 3. The summed E-state index contributed by atoms with van der Waals surface area (Å²) in [6.07, 6.45) is 6.11. The SMILES string of the molecule is CCCN(C(=O)c1csc(-c2cnn(C)c2)n1)C1CCN(C(=O)c2ccccc2)CC1. The Labute approximate surface area is 186 Å². The zero-order valence-corrected chi connectivity index (χ0v) is 18.7. The number of carbonyl (C=O) groups is 2. The maximum Gasteiger partial charge on any atom is 0.273 e. The van der Waals surface area contributed by atoms with Crippen LogP contribution in [0.2, 0.25) is 0 Å². The number of rotatable bonds is 6. The lowest BCUT2D eigenvalue weighted by molar-refractivity contribution is 0.0516. The molecule has 1 fully saturated rings. The molecule has 2 amide bonds. The molecule has 0 aliphatic carbocycles. The number of thiazole rings is 1. The van der Waals surface area contributed by atoms with Crippen molar-refractivity contribution >= 4 is 23.2 Å². The van der Waals surface area contributed by atoms with Gasteiger partial charge in [0.15, 0.2) is 0 Å². The molecule has 0 saturated carbocycles. The smallest absolute Gasteiger partial charge is 0.273 e. The number of carbonyl (C=O) groups excluding carboxylic acids is 2. The molecule has 0 unspecified atom stereocenters. The highest BCUT2D eigenvalue weighted by Gasteiger charge is 2.31. The Morgan fingerprint density at radius 3 is 2.58 bits per heavy atom. The maximum absolute atomic E-state index is 13.3. The summed E-state index contributed by atoms with van der Waals surface area (Å²) in [5.74, 6) is 0.0362. The van der Waals surface area contributed by atoms with E-state index in [2.05, 4.69) is 17.0 Å². The first kappa shape index (κ1) is 21.2. The van der Waals surface area contributed by atoms with Crippen molar-refractivity contribution in [3.05, 3.63) is 59.4 Å². The molecule has 31 heavy (non-hydrogen) atoms. The largest absolute Gasteiger partial charge is 0.338 e.